The Morgan fingerprint density at radius 3 is 2.15 bits per heavy atom. The standard InChI is InChI=1S/C9H13N.C8H11NO/c1-3-10-9-7-5-4-6-8(9)2;1-9-7-3-5-8(10-2)6-4-7/h4-7,10H,3H2,1-2H3;3-6,9H,1-2H3. The van der Waals surface area contributed by atoms with Crippen LogP contribution in [0.1, 0.15) is 12.5 Å². The molecule has 2 aromatic carbocycles. The van der Waals surface area contributed by atoms with Gasteiger partial charge in [0.05, 0.1) is 7.11 Å². The molecule has 2 rings (SSSR count). The van der Waals surface area contributed by atoms with Gasteiger partial charge in [0, 0.05) is 25.0 Å². The zero-order valence-electron chi connectivity index (χ0n) is 12.7. The lowest BCUT2D eigenvalue weighted by Gasteiger charge is -2.04. The van der Waals surface area contributed by atoms with Gasteiger partial charge < -0.3 is 15.4 Å². The van der Waals surface area contributed by atoms with E-state index in [1.807, 2.05) is 37.4 Å². The number of hydrogen-bond acceptors (Lipinski definition) is 3. The average molecular weight is 272 g/mol. The van der Waals surface area contributed by atoms with Gasteiger partial charge in [0.1, 0.15) is 5.75 Å². The molecule has 2 N–H and O–H groups in total. The predicted molar refractivity (Wildman–Crippen MR) is 87.9 cm³/mol. The van der Waals surface area contributed by atoms with Crippen LogP contribution in [-0.4, -0.2) is 20.7 Å². The van der Waals surface area contributed by atoms with E-state index in [1.54, 1.807) is 7.11 Å². The maximum Gasteiger partial charge on any atom is 0.119 e. The highest BCUT2D eigenvalue weighted by Gasteiger charge is 1.91. The van der Waals surface area contributed by atoms with Crippen molar-refractivity contribution in [2.45, 2.75) is 13.8 Å². The van der Waals surface area contributed by atoms with E-state index in [2.05, 4.69) is 42.7 Å². The highest BCUT2D eigenvalue weighted by atomic mass is 16.5. The molecule has 0 amide bonds. The number of methoxy groups -OCH3 is 1. The van der Waals surface area contributed by atoms with Gasteiger partial charge in [-0.25, -0.2) is 0 Å². The van der Waals surface area contributed by atoms with Crippen LogP contribution in [0.5, 0.6) is 5.75 Å². The van der Waals surface area contributed by atoms with Crippen molar-refractivity contribution in [3.63, 3.8) is 0 Å². The SMILES string of the molecule is CCNc1ccccc1C.CNc1ccc(OC)cc1. The van der Waals surface area contributed by atoms with Crippen molar-refractivity contribution in [3.05, 3.63) is 54.1 Å². The number of nitrogens with one attached hydrogen (secondary N) is 2. The Kier molecular flexibility index (Phi) is 7.04. The molecule has 0 unspecified atom stereocenters. The van der Waals surface area contributed by atoms with Crippen molar-refractivity contribution in [2.75, 3.05) is 31.3 Å². The van der Waals surface area contributed by atoms with Gasteiger partial charge in [-0.15, -0.1) is 0 Å². The van der Waals surface area contributed by atoms with E-state index in [-0.39, 0.29) is 0 Å². The van der Waals surface area contributed by atoms with Crippen molar-refractivity contribution < 1.29 is 4.74 Å². The summed E-state index contributed by atoms with van der Waals surface area (Å²) in [6, 6.07) is 16.1. The van der Waals surface area contributed by atoms with Crippen LogP contribution in [0.25, 0.3) is 0 Å². The molecule has 0 fully saturated rings. The molecule has 0 aliphatic rings. The van der Waals surface area contributed by atoms with E-state index in [4.69, 9.17) is 4.74 Å². The molecule has 3 heteroatoms. The molecule has 0 atom stereocenters. The van der Waals surface area contributed by atoms with Gasteiger partial charge in [0.25, 0.3) is 0 Å². The van der Waals surface area contributed by atoms with E-state index < -0.39 is 0 Å². The van der Waals surface area contributed by atoms with Crippen molar-refractivity contribution in [2.24, 2.45) is 0 Å². The van der Waals surface area contributed by atoms with Gasteiger partial charge in [-0.1, -0.05) is 18.2 Å². The largest absolute Gasteiger partial charge is 0.497 e. The second kappa shape index (κ2) is 8.86. The first-order valence-corrected chi connectivity index (χ1v) is 6.82. The summed E-state index contributed by atoms with van der Waals surface area (Å²) in [5.74, 6) is 0.888. The lowest BCUT2D eigenvalue weighted by Crippen LogP contribution is -1.97. The summed E-state index contributed by atoms with van der Waals surface area (Å²) in [4.78, 5) is 0. The number of ether oxygens (including phenoxy) is 1. The Bertz CT molecular complexity index is 472. The van der Waals surface area contributed by atoms with Crippen LogP contribution in [0.3, 0.4) is 0 Å². The molecule has 108 valence electrons. The summed E-state index contributed by atoms with van der Waals surface area (Å²) in [5.41, 5.74) is 3.65. The first-order chi connectivity index (χ1) is 9.71. The first kappa shape index (κ1) is 15.9. The van der Waals surface area contributed by atoms with E-state index in [0.29, 0.717) is 0 Å². The number of aryl methyl sites for hydroxylation is 1. The Hall–Kier alpha value is -2.16. The minimum atomic E-state index is 0.888. The molecule has 0 saturated heterocycles. The van der Waals surface area contributed by atoms with Crippen LogP contribution in [-0.2, 0) is 0 Å². The summed E-state index contributed by atoms with van der Waals surface area (Å²) in [6.45, 7) is 5.20. The van der Waals surface area contributed by atoms with Crippen molar-refractivity contribution >= 4 is 11.4 Å². The lowest BCUT2D eigenvalue weighted by atomic mass is 10.2. The second-order valence-corrected chi connectivity index (χ2v) is 4.32. The van der Waals surface area contributed by atoms with Crippen molar-refractivity contribution in [1.29, 1.82) is 0 Å². The minimum absolute atomic E-state index is 0.888. The number of anilines is 2. The number of rotatable bonds is 4. The van der Waals surface area contributed by atoms with Gasteiger partial charge in [-0.2, -0.15) is 0 Å². The zero-order valence-corrected chi connectivity index (χ0v) is 12.7. The third-order valence-electron chi connectivity index (χ3n) is 2.89. The summed E-state index contributed by atoms with van der Waals surface area (Å²) in [7, 11) is 3.55. The zero-order chi connectivity index (χ0) is 14.8. The van der Waals surface area contributed by atoms with Crippen LogP contribution >= 0.6 is 0 Å². The fraction of sp³-hybridized carbons (Fsp3) is 0.294. The van der Waals surface area contributed by atoms with Crippen molar-refractivity contribution in [1.82, 2.24) is 0 Å². The molecule has 0 spiro atoms. The van der Waals surface area contributed by atoms with E-state index >= 15 is 0 Å². The Morgan fingerprint density at radius 2 is 1.65 bits per heavy atom. The van der Waals surface area contributed by atoms with Crippen LogP contribution in [0.2, 0.25) is 0 Å². The molecule has 20 heavy (non-hydrogen) atoms. The molecule has 3 nitrogen and oxygen atoms in total. The summed E-state index contributed by atoms with van der Waals surface area (Å²) < 4.78 is 4.99. The molecule has 0 heterocycles. The van der Waals surface area contributed by atoms with Crippen LogP contribution in [0.4, 0.5) is 11.4 Å². The molecule has 0 aliphatic heterocycles. The molecule has 0 bridgehead atoms. The maximum absolute atomic E-state index is 4.99. The lowest BCUT2D eigenvalue weighted by molar-refractivity contribution is 0.415. The first-order valence-electron chi connectivity index (χ1n) is 6.82. The average Bonchev–Trinajstić information content (AvgIpc) is 2.50. The quantitative estimate of drug-likeness (QED) is 0.876. The van der Waals surface area contributed by atoms with Crippen LogP contribution in [0, 0.1) is 6.92 Å². The topological polar surface area (TPSA) is 33.3 Å². The third kappa shape index (κ3) is 5.22. The highest BCUT2D eigenvalue weighted by Crippen LogP contribution is 2.13. The number of hydrogen-bond donors (Lipinski definition) is 2. The van der Waals surface area contributed by atoms with Crippen LogP contribution in [0.15, 0.2) is 48.5 Å². The molecule has 0 aromatic heterocycles. The maximum atomic E-state index is 4.99. The molecule has 0 saturated carbocycles. The Morgan fingerprint density at radius 1 is 1.00 bits per heavy atom. The summed E-state index contributed by atoms with van der Waals surface area (Å²) in [6.07, 6.45) is 0. The molecular weight excluding hydrogens is 248 g/mol. The van der Waals surface area contributed by atoms with E-state index in [0.717, 1.165) is 18.0 Å². The summed E-state index contributed by atoms with van der Waals surface area (Å²) >= 11 is 0. The highest BCUT2D eigenvalue weighted by molar-refractivity contribution is 5.49. The number of para-hydroxylation sites is 1. The minimum Gasteiger partial charge on any atom is -0.497 e. The Labute approximate surface area is 122 Å². The monoisotopic (exact) mass is 272 g/mol. The molecule has 0 radical (unpaired) electrons. The fourth-order valence-electron chi connectivity index (χ4n) is 1.72. The smallest absolute Gasteiger partial charge is 0.119 e. The van der Waals surface area contributed by atoms with Gasteiger partial charge >= 0.3 is 0 Å². The fourth-order valence-corrected chi connectivity index (χ4v) is 1.72. The Balaban J connectivity index is 0.000000200. The van der Waals surface area contributed by atoms with Gasteiger partial charge in [0.15, 0.2) is 0 Å². The summed E-state index contributed by atoms with van der Waals surface area (Å²) in [5, 5.41) is 6.30. The normalized spacial score (nSPS) is 9.20. The molecule has 2 aromatic rings. The van der Waals surface area contributed by atoms with Crippen LogP contribution < -0.4 is 15.4 Å². The molecule has 0 aliphatic carbocycles. The van der Waals surface area contributed by atoms with E-state index in [1.165, 1.54) is 11.3 Å². The predicted octanol–water partition coefficient (Wildman–Crippen LogP) is 4.16. The number of benzene rings is 2. The van der Waals surface area contributed by atoms with Gasteiger partial charge in [-0.05, 0) is 49.7 Å². The van der Waals surface area contributed by atoms with Gasteiger partial charge in [-0.3, -0.25) is 0 Å². The van der Waals surface area contributed by atoms with Gasteiger partial charge in [0.2, 0.25) is 0 Å². The van der Waals surface area contributed by atoms with E-state index in [9.17, 15) is 0 Å². The van der Waals surface area contributed by atoms with Crippen molar-refractivity contribution in [3.8, 4) is 5.75 Å². The third-order valence-corrected chi connectivity index (χ3v) is 2.89. The second-order valence-electron chi connectivity index (χ2n) is 4.32. The molecular formula is C17H24N2O.